The monoisotopic (exact) mass is 336 g/mol. The van der Waals surface area contributed by atoms with Crippen molar-refractivity contribution in [3.05, 3.63) is 66.5 Å². The third-order valence-corrected chi connectivity index (χ3v) is 3.98. The molecule has 0 fully saturated rings. The van der Waals surface area contributed by atoms with Crippen LogP contribution in [0.25, 0.3) is 16.6 Å². The highest BCUT2D eigenvalue weighted by Crippen LogP contribution is 2.28. The average Bonchev–Trinajstić information content (AvgIpc) is 3.01. The van der Waals surface area contributed by atoms with Gasteiger partial charge in [-0.1, -0.05) is 36.4 Å². The van der Waals surface area contributed by atoms with E-state index < -0.39 is 11.7 Å². The van der Waals surface area contributed by atoms with Crippen LogP contribution < -0.4 is 5.32 Å². The maximum Gasteiger partial charge on any atom is 0.294 e. The predicted molar refractivity (Wildman–Crippen MR) is 96.6 cm³/mol. The van der Waals surface area contributed by atoms with E-state index in [0.29, 0.717) is 12.3 Å². The van der Waals surface area contributed by atoms with Gasteiger partial charge < -0.3 is 14.5 Å². The lowest BCUT2D eigenvalue weighted by atomic mass is 10.0. The van der Waals surface area contributed by atoms with E-state index in [0.717, 1.165) is 16.6 Å². The first-order valence-corrected chi connectivity index (χ1v) is 8.11. The molecule has 0 bridgehead atoms. The Morgan fingerprint density at radius 3 is 2.56 bits per heavy atom. The summed E-state index contributed by atoms with van der Waals surface area (Å²) in [5.74, 6) is -1.20. The van der Waals surface area contributed by atoms with Gasteiger partial charge in [0.05, 0.1) is 6.61 Å². The van der Waals surface area contributed by atoms with E-state index in [1.165, 1.54) is 0 Å². The minimum atomic E-state index is -0.634. The van der Waals surface area contributed by atoms with Crippen molar-refractivity contribution < 1.29 is 14.3 Å². The largest absolute Gasteiger partial charge is 0.383 e. The van der Waals surface area contributed by atoms with E-state index in [1.807, 2.05) is 54.6 Å². The first kappa shape index (κ1) is 16.9. The Labute approximate surface area is 146 Å². The Bertz CT molecular complexity index is 900. The fourth-order valence-electron chi connectivity index (χ4n) is 2.88. The Hall–Kier alpha value is -2.92. The van der Waals surface area contributed by atoms with Crippen LogP contribution in [-0.2, 0) is 9.53 Å². The topological polar surface area (TPSA) is 59.8 Å². The number of ketones is 1. The fraction of sp³-hybridized carbons (Fsp3) is 0.200. The molecule has 5 nitrogen and oxygen atoms in total. The van der Waals surface area contributed by atoms with Gasteiger partial charge in [0.25, 0.3) is 11.7 Å². The van der Waals surface area contributed by atoms with Crippen LogP contribution in [0, 0.1) is 0 Å². The molecule has 3 aromatic rings. The van der Waals surface area contributed by atoms with Gasteiger partial charge in [0.15, 0.2) is 0 Å². The van der Waals surface area contributed by atoms with Gasteiger partial charge in [-0.3, -0.25) is 9.59 Å². The van der Waals surface area contributed by atoms with Crippen LogP contribution in [0.4, 0.5) is 0 Å². The fourth-order valence-corrected chi connectivity index (χ4v) is 2.88. The number of hydrogen-bond acceptors (Lipinski definition) is 3. The molecule has 5 heteroatoms. The second-order valence-electron chi connectivity index (χ2n) is 5.93. The molecular weight excluding hydrogens is 316 g/mol. The molecule has 0 radical (unpaired) electrons. The lowest BCUT2D eigenvalue weighted by molar-refractivity contribution is -0.117. The van der Waals surface area contributed by atoms with Crippen molar-refractivity contribution in [1.29, 1.82) is 0 Å². The number of nitrogens with zero attached hydrogens (tertiary/aromatic N) is 1. The lowest BCUT2D eigenvalue weighted by Gasteiger charge is -2.12. The van der Waals surface area contributed by atoms with Crippen molar-refractivity contribution in [2.75, 3.05) is 13.7 Å². The normalized spacial score (nSPS) is 12.1. The zero-order valence-electron chi connectivity index (χ0n) is 14.2. The molecule has 3 rings (SSSR count). The van der Waals surface area contributed by atoms with Crippen molar-refractivity contribution in [1.82, 2.24) is 9.72 Å². The second kappa shape index (κ2) is 7.32. The average molecular weight is 336 g/mol. The zero-order chi connectivity index (χ0) is 17.8. The number of pyridine rings is 1. The number of nitrogens with one attached hydrogen (secondary N) is 1. The van der Waals surface area contributed by atoms with Crippen molar-refractivity contribution >= 4 is 17.2 Å². The van der Waals surface area contributed by atoms with Crippen molar-refractivity contribution in [2.24, 2.45) is 0 Å². The Kier molecular flexibility index (Phi) is 4.95. The quantitative estimate of drug-likeness (QED) is 0.556. The minimum Gasteiger partial charge on any atom is -0.383 e. The number of amides is 1. The summed E-state index contributed by atoms with van der Waals surface area (Å²) in [5.41, 5.74) is 2.87. The first-order valence-electron chi connectivity index (χ1n) is 8.11. The molecule has 0 aliphatic carbocycles. The molecule has 0 saturated heterocycles. The van der Waals surface area contributed by atoms with Gasteiger partial charge in [0, 0.05) is 30.4 Å². The van der Waals surface area contributed by atoms with Crippen LogP contribution in [0.3, 0.4) is 0 Å². The Morgan fingerprint density at radius 2 is 1.84 bits per heavy atom. The van der Waals surface area contributed by atoms with Gasteiger partial charge in [0.1, 0.15) is 5.69 Å². The highest BCUT2D eigenvalue weighted by atomic mass is 16.5. The van der Waals surface area contributed by atoms with Crippen LogP contribution in [0.15, 0.2) is 60.8 Å². The third-order valence-electron chi connectivity index (χ3n) is 3.98. The molecule has 1 amide bonds. The molecule has 0 saturated carbocycles. The maximum absolute atomic E-state index is 12.9. The number of carbonyl (C=O) groups is 2. The number of fused-ring (bicyclic) bond motifs is 1. The van der Waals surface area contributed by atoms with E-state index in [-0.39, 0.29) is 6.04 Å². The Balaban J connectivity index is 2.05. The van der Waals surface area contributed by atoms with E-state index >= 15 is 0 Å². The molecule has 128 valence electrons. The van der Waals surface area contributed by atoms with Crippen LogP contribution >= 0.6 is 0 Å². The number of Topliss-reactive ketones (excluding diaryl/α,β-unsaturated/α-hetero) is 1. The number of carbonyl (C=O) groups excluding carboxylic acids is 2. The van der Waals surface area contributed by atoms with Crippen molar-refractivity contribution in [3.8, 4) is 11.1 Å². The predicted octanol–water partition coefficient (Wildman–Crippen LogP) is 2.94. The van der Waals surface area contributed by atoms with E-state index in [4.69, 9.17) is 4.74 Å². The van der Waals surface area contributed by atoms with Crippen molar-refractivity contribution in [3.63, 3.8) is 0 Å². The highest BCUT2D eigenvalue weighted by molar-refractivity contribution is 6.43. The molecule has 25 heavy (non-hydrogen) atoms. The SMILES string of the molecule is COC[C@@H](C)NC(=O)C(=O)c1c(-c2ccccc2)cc2ccccn12. The molecule has 1 N–H and O–H groups in total. The van der Waals surface area contributed by atoms with E-state index in [9.17, 15) is 9.59 Å². The number of ether oxygens (including phenoxy) is 1. The first-order chi connectivity index (χ1) is 12.1. The minimum absolute atomic E-state index is 0.243. The number of aromatic nitrogens is 1. The van der Waals surface area contributed by atoms with Crippen LogP contribution in [-0.4, -0.2) is 35.8 Å². The number of hydrogen-bond donors (Lipinski definition) is 1. The van der Waals surface area contributed by atoms with Crippen molar-refractivity contribution in [2.45, 2.75) is 13.0 Å². The molecule has 0 spiro atoms. The zero-order valence-corrected chi connectivity index (χ0v) is 14.2. The van der Waals surface area contributed by atoms with Crippen LogP contribution in [0.5, 0.6) is 0 Å². The second-order valence-corrected chi connectivity index (χ2v) is 5.93. The Morgan fingerprint density at radius 1 is 1.12 bits per heavy atom. The molecule has 1 aromatic carbocycles. The van der Waals surface area contributed by atoms with Gasteiger partial charge >= 0.3 is 0 Å². The maximum atomic E-state index is 12.9. The summed E-state index contributed by atoms with van der Waals surface area (Å²) in [6.07, 6.45) is 1.79. The molecule has 0 unspecified atom stereocenters. The molecular formula is C20H20N2O3. The van der Waals surface area contributed by atoms with Gasteiger partial charge in [-0.2, -0.15) is 0 Å². The van der Waals surface area contributed by atoms with E-state index in [1.54, 1.807) is 24.6 Å². The summed E-state index contributed by atoms with van der Waals surface area (Å²) in [6.45, 7) is 2.14. The third kappa shape index (κ3) is 3.46. The standard InChI is InChI=1S/C20H20N2O3/c1-14(13-25-2)21-20(24)19(23)18-17(15-8-4-3-5-9-15)12-16-10-6-7-11-22(16)18/h3-12,14H,13H2,1-2H3,(H,21,24)/t14-/m1/s1. The number of methoxy groups -OCH3 is 1. The van der Waals surface area contributed by atoms with Gasteiger partial charge in [-0.05, 0) is 30.7 Å². The molecule has 2 aromatic heterocycles. The van der Waals surface area contributed by atoms with Gasteiger partial charge in [-0.15, -0.1) is 0 Å². The van der Waals surface area contributed by atoms with Gasteiger partial charge in [-0.25, -0.2) is 0 Å². The van der Waals surface area contributed by atoms with Crippen LogP contribution in [0.1, 0.15) is 17.4 Å². The highest BCUT2D eigenvalue weighted by Gasteiger charge is 2.25. The van der Waals surface area contributed by atoms with Crippen LogP contribution in [0.2, 0.25) is 0 Å². The lowest BCUT2D eigenvalue weighted by Crippen LogP contribution is -2.40. The summed E-state index contributed by atoms with van der Waals surface area (Å²) in [6, 6.07) is 16.9. The smallest absolute Gasteiger partial charge is 0.294 e. The van der Waals surface area contributed by atoms with E-state index in [2.05, 4.69) is 5.32 Å². The summed E-state index contributed by atoms with van der Waals surface area (Å²) >= 11 is 0. The summed E-state index contributed by atoms with van der Waals surface area (Å²) in [5, 5.41) is 2.69. The number of rotatable bonds is 6. The summed E-state index contributed by atoms with van der Waals surface area (Å²) < 4.78 is 6.76. The number of benzene rings is 1. The molecule has 0 aliphatic rings. The van der Waals surface area contributed by atoms with Gasteiger partial charge in [0.2, 0.25) is 0 Å². The molecule has 2 heterocycles. The summed E-state index contributed by atoms with van der Waals surface area (Å²) in [4.78, 5) is 25.3. The summed E-state index contributed by atoms with van der Waals surface area (Å²) in [7, 11) is 1.55. The molecule has 0 aliphatic heterocycles. The molecule has 1 atom stereocenters.